The summed E-state index contributed by atoms with van der Waals surface area (Å²) in [7, 11) is -0.373. The van der Waals surface area contributed by atoms with Crippen molar-refractivity contribution in [2.75, 3.05) is 44.0 Å². The van der Waals surface area contributed by atoms with Crippen molar-refractivity contribution in [1.82, 2.24) is 15.0 Å². The summed E-state index contributed by atoms with van der Waals surface area (Å²) in [4.78, 5) is 17.8. The maximum Gasteiger partial charge on any atom is 0.237 e. The molecule has 2 fully saturated rings. The van der Waals surface area contributed by atoms with Crippen LogP contribution in [0.2, 0.25) is 0 Å². The quantitative estimate of drug-likeness (QED) is 0.630. The SMILES string of the molecule is [C-]#[N+]CC1(S(=O)(CC2CCC(N(C)c3ncnc4[nH]ccc34)CC2)=NCCC)COC1. The number of hydrogen-bond acceptors (Lipinski definition) is 6. The molecule has 0 bridgehead atoms. The van der Waals surface area contributed by atoms with E-state index in [2.05, 4.69) is 43.0 Å². The molecule has 0 radical (unpaired) electrons. The van der Waals surface area contributed by atoms with Gasteiger partial charge in [-0.15, -0.1) is 0 Å². The third kappa shape index (κ3) is 4.15. The molecule has 1 unspecified atom stereocenters. The summed E-state index contributed by atoms with van der Waals surface area (Å²) in [5.74, 6) is 1.93. The third-order valence-electron chi connectivity index (χ3n) is 6.79. The second kappa shape index (κ2) is 9.13. The molecule has 31 heavy (non-hydrogen) atoms. The largest absolute Gasteiger partial charge is 0.377 e. The van der Waals surface area contributed by atoms with E-state index in [1.807, 2.05) is 12.3 Å². The van der Waals surface area contributed by atoms with Crippen LogP contribution in [0.1, 0.15) is 39.0 Å². The second-order valence-corrected chi connectivity index (χ2v) is 11.6. The topological polar surface area (TPSA) is 87.8 Å². The van der Waals surface area contributed by atoms with Crippen LogP contribution in [-0.4, -0.2) is 69.1 Å². The summed E-state index contributed by atoms with van der Waals surface area (Å²) in [5.41, 5.74) is 0.857. The molecule has 1 aliphatic carbocycles. The summed E-state index contributed by atoms with van der Waals surface area (Å²) in [6.45, 7) is 11.1. The van der Waals surface area contributed by atoms with Gasteiger partial charge in [-0.3, -0.25) is 0 Å². The van der Waals surface area contributed by atoms with Gasteiger partial charge in [0.2, 0.25) is 6.54 Å². The van der Waals surface area contributed by atoms with E-state index >= 15 is 0 Å². The van der Waals surface area contributed by atoms with Crippen molar-refractivity contribution in [2.45, 2.75) is 49.8 Å². The molecule has 1 atom stereocenters. The van der Waals surface area contributed by atoms with Crippen LogP contribution < -0.4 is 4.90 Å². The van der Waals surface area contributed by atoms with Gasteiger partial charge in [0, 0.05) is 31.6 Å². The molecule has 3 heterocycles. The van der Waals surface area contributed by atoms with Crippen LogP contribution >= 0.6 is 0 Å². The summed E-state index contributed by atoms with van der Waals surface area (Å²) in [6.07, 6.45) is 8.48. The van der Waals surface area contributed by atoms with Crippen LogP contribution in [0, 0.1) is 12.5 Å². The van der Waals surface area contributed by atoms with Crippen LogP contribution in [0.15, 0.2) is 23.0 Å². The first kappa shape index (κ1) is 22.0. The number of hydrogen-bond donors (Lipinski definition) is 1. The number of nitrogens with one attached hydrogen (secondary N) is 1. The van der Waals surface area contributed by atoms with Gasteiger partial charge < -0.3 is 19.5 Å². The second-order valence-electron chi connectivity index (χ2n) is 8.87. The number of aromatic amines is 1. The summed E-state index contributed by atoms with van der Waals surface area (Å²) in [5, 5.41) is 1.04. The number of rotatable bonds is 8. The smallest absolute Gasteiger partial charge is 0.237 e. The molecular weight excluding hydrogens is 412 g/mol. The van der Waals surface area contributed by atoms with E-state index in [1.54, 1.807) is 6.33 Å². The number of ether oxygens (including phenoxy) is 1. The fraction of sp³-hybridized carbons (Fsp3) is 0.682. The van der Waals surface area contributed by atoms with Crippen molar-refractivity contribution < 1.29 is 8.95 Å². The van der Waals surface area contributed by atoms with E-state index in [0.29, 0.717) is 37.5 Å². The monoisotopic (exact) mass is 444 g/mol. The van der Waals surface area contributed by atoms with E-state index in [-0.39, 0.29) is 6.54 Å². The van der Waals surface area contributed by atoms with Crippen molar-refractivity contribution in [3.05, 3.63) is 30.0 Å². The molecule has 2 aromatic rings. The van der Waals surface area contributed by atoms with Crippen LogP contribution in [0.5, 0.6) is 0 Å². The zero-order valence-electron chi connectivity index (χ0n) is 18.4. The van der Waals surface area contributed by atoms with Gasteiger partial charge in [0.05, 0.1) is 28.3 Å². The van der Waals surface area contributed by atoms with Crippen molar-refractivity contribution in [2.24, 2.45) is 10.3 Å². The highest BCUT2D eigenvalue weighted by molar-refractivity contribution is 7.95. The fourth-order valence-corrected chi connectivity index (χ4v) is 7.77. The Balaban J connectivity index is 1.45. The molecule has 1 saturated carbocycles. The predicted octanol–water partition coefficient (Wildman–Crippen LogP) is 3.52. The van der Waals surface area contributed by atoms with Crippen molar-refractivity contribution in [3.63, 3.8) is 0 Å². The summed E-state index contributed by atoms with van der Waals surface area (Å²) in [6, 6.07) is 2.42. The van der Waals surface area contributed by atoms with Gasteiger partial charge in [-0.2, -0.15) is 0 Å². The molecule has 168 valence electrons. The molecule has 0 amide bonds. The molecule has 1 N–H and O–H groups in total. The molecule has 1 aliphatic heterocycles. The number of anilines is 1. The summed E-state index contributed by atoms with van der Waals surface area (Å²) >= 11 is 0. The van der Waals surface area contributed by atoms with Crippen molar-refractivity contribution in [1.29, 1.82) is 0 Å². The Morgan fingerprint density at radius 3 is 2.77 bits per heavy atom. The lowest BCUT2D eigenvalue weighted by Crippen LogP contribution is -2.59. The first-order valence-electron chi connectivity index (χ1n) is 11.1. The Morgan fingerprint density at radius 1 is 1.35 bits per heavy atom. The van der Waals surface area contributed by atoms with Gasteiger partial charge in [0.15, 0.2) is 4.75 Å². The van der Waals surface area contributed by atoms with Gasteiger partial charge in [-0.05, 0) is 44.1 Å². The Bertz CT molecular complexity index is 1060. The van der Waals surface area contributed by atoms with Crippen LogP contribution in [0.3, 0.4) is 0 Å². The Labute approximate surface area is 184 Å². The average molecular weight is 445 g/mol. The molecule has 2 aliphatic rings. The van der Waals surface area contributed by atoms with Gasteiger partial charge in [0.1, 0.15) is 17.8 Å². The highest BCUT2D eigenvalue weighted by Gasteiger charge is 2.52. The Morgan fingerprint density at radius 2 is 2.13 bits per heavy atom. The lowest BCUT2D eigenvalue weighted by atomic mass is 9.86. The molecule has 0 aromatic carbocycles. The minimum Gasteiger partial charge on any atom is -0.377 e. The molecule has 1 saturated heterocycles. The fourth-order valence-electron chi connectivity index (χ4n) is 4.79. The van der Waals surface area contributed by atoms with E-state index < -0.39 is 14.5 Å². The predicted molar refractivity (Wildman–Crippen MR) is 124 cm³/mol. The first-order valence-corrected chi connectivity index (χ1v) is 12.8. The summed E-state index contributed by atoms with van der Waals surface area (Å²) < 4.78 is 23.6. The lowest BCUT2D eigenvalue weighted by Gasteiger charge is -2.41. The van der Waals surface area contributed by atoms with Crippen molar-refractivity contribution in [3.8, 4) is 0 Å². The molecule has 0 spiro atoms. The Hall–Kier alpha value is -2.18. The maximum atomic E-state index is 14.0. The number of H-pyrrole nitrogens is 1. The van der Waals surface area contributed by atoms with Crippen LogP contribution in [0.4, 0.5) is 5.82 Å². The van der Waals surface area contributed by atoms with Gasteiger partial charge in [-0.1, -0.05) is 6.92 Å². The first-order chi connectivity index (χ1) is 15.0. The lowest BCUT2D eigenvalue weighted by molar-refractivity contribution is -0.00478. The zero-order chi connectivity index (χ0) is 21.9. The van der Waals surface area contributed by atoms with Gasteiger partial charge >= 0.3 is 0 Å². The van der Waals surface area contributed by atoms with E-state index in [0.717, 1.165) is 49.0 Å². The zero-order valence-corrected chi connectivity index (χ0v) is 19.2. The standard InChI is InChI=1S/C22H32N6O2S/c1-4-10-27-31(29,22(13-23-2)14-30-15-22)12-17-5-7-18(8-6-17)28(3)21-19-9-11-24-20(19)25-16-26-21/h9,11,16-18H,4-8,10,12-15H2,1,3H3,(H,24,25,26). The minimum absolute atomic E-state index is 0.248. The normalized spacial score (nSPS) is 24.7. The molecule has 4 rings (SSSR count). The molecule has 9 heteroatoms. The van der Waals surface area contributed by atoms with Crippen LogP contribution in [-0.2, 0) is 14.5 Å². The highest BCUT2D eigenvalue weighted by Crippen LogP contribution is 2.37. The van der Waals surface area contributed by atoms with Crippen molar-refractivity contribution >= 4 is 26.6 Å². The maximum absolute atomic E-state index is 14.0. The third-order valence-corrected chi connectivity index (χ3v) is 10.0. The Kier molecular flexibility index (Phi) is 6.49. The van der Waals surface area contributed by atoms with Crippen LogP contribution in [0.25, 0.3) is 15.9 Å². The highest BCUT2D eigenvalue weighted by atomic mass is 32.2. The average Bonchev–Trinajstić information content (AvgIpc) is 3.24. The molecular formula is C22H32N6O2S. The molecule has 2 aromatic heterocycles. The van der Waals surface area contributed by atoms with Gasteiger partial charge in [0.25, 0.3) is 0 Å². The van der Waals surface area contributed by atoms with E-state index in [4.69, 9.17) is 11.3 Å². The number of nitrogens with zero attached hydrogens (tertiary/aromatic N) is 5. The van der Waals surface area contributed by atoms with E-state index in [1.165, 1.54) is 0 Å². The minimum atomic E-state index is -2.48. The number of fused-ring (bicyclic) bond motifs is 1. The van der Waals surface area contributed by atoms with E-state index in [9.17, 15) is 4.21 Å². The number of aromatic nitrogens is 3. The van der Waals surface area contributed by atoms with Gasteiger partial charge in [-0.25, -0.2) is 25.1 Å². The molecule has 8 nitrogen and oxygen atoms in total.